The number of nitrogens with one attached hydrogen (secondary N) is 3. The first-order valence-corrected chi connectivity index (χ1v) is 23.0. The van der Waals surface area contributed by atoms with Gasteiger partial charge in [0, 0.05) is 48.3 Å². The van der Waals surface area contributed by atoms with Gasteiger partial charge in [-0.25, -0.2) is 9.78 Å². The van der Waals surface area contributed by atoms with Crippen LogP contribution >= 0.6 is 0 Å². The topological polar surface area (TPSA) is 192 Å². The summed E-state index contributed by atoms with van der Waals surface area (Å²) in [6, 6.07) is 24.1. The molecule has 15 nitrogen and oxygen atoms in total. The van der Waals surface area contributed by atoms with Gasteiger partial charge in [0.15, 0.2) is 0 Å². The number of nitrogens with zero attached hydrogens (tertiary/aromatic N) is 2. The standard InChI is InChI=1S/C52H59N5O10/c1-6-34-29-52(34,48(62)55-45(59)39(31-58)51(21-22-51)28-32-13-9-7-10-14-32)56-46(60)42-26-37(30-57(42)47(61)44(50(2,3)4)54-49(63)67-35-19-23-65-24-20-35)66-43-27-40(33-15-11-8-12-16-33)53-41-25-36(64-5)17-18-38(41)43/h6-18,25,27,31,34-35,37,39,42,44H,1,19-24,26,28-30H2,2-5H3,(H,54,63)(H,56,60)(H,55,59,62)/t34-,37-,39-,42+,44-,52-/m1/s1. The molecule has 3 N–H and O–H groups in total. The van der Waals surface area contributed by atoms with Gasteiger partial charge in [-0.15, -0.1) is 6.58 Å². The molecule has 15 heteroatoms. The summed E-state index contributed by atoms with van der Waals surface area (Å²) in [4.78, 5) is 90.1. The Kier molecular flexibility index (Phi) is 13.5. The molecule has 4 fully saturated rings. The number of aldehydes is 1. The lowest BCUT2D eigenvalue weighted by atomic mass is 9.83. The maximum Gasteiger partial charge on any atom is 0.408 e. The minimum atomic E-state index is -1.58. The number of imide groups is 1. The van der Waals surface area contributed by atoms with Gasteiger partial charge in [-0.2, -0.15) is 0 Å². The predicted octanol–water partition coefficient (Wildman–Crippen LogP) is 6.12. The Balaban J connectivity index is 1.07. The molecule has 0 radical (unpaired) electrons. The Hall–Kier alpha value is -6.61. The largest absolute Gasteiger partial charge is 0.497 e. The fourth-order valence-corrected chi connectivity index (χ4v) is 9.51. The van der Waals surface area contributed by atoms with Crippen LogP contribution in [-0.2, 0) is 39.9 Å². The van der Waals surface area contributed by atoms with Gasteiger partial charge in [-0.1, -0.05) is 87.5 Å². The number of methoxy groups -OCH3 is 1. The number of ether oxygens (including phenoxy) is 4. The van der Waals surface area contributed by atoms with Crippen LogP contribution in [0, 0.1) is 22.7 Å². The Morgan fingerprint density at radius 2 is 1.66 bits per heavy atom. The van der Waals surface area contributed by atoms with Gasteiger partial charge in [-0.3, -0.25) is 24.5 Å². The number of carbonyl (C=O) groups excluding carboxylic acids is 6. The van der Waals surface area contributed by atoms with Crippen molar-refractivity contribution in [2.75, 3.05) is 26.9 Å². The third-order valence-electron chi connectivity index (χ3n) is 13.7. The summed E-state index contributed by atoms with van der Waals surface area (Å²) in [5, 5.41) is 8.88. The van der Waals surface area contributed by atoms with Crippen molar-refractivity contribution >= 4 is 46.9 Å². The second kappa shape index (κ2) is 19.3. The highest BCUT2D eigenvalue weighted by Gasteiger charge is 2.62. The molecule has 352 valence electrons. The average Bonchev–Trinajstić information content (AvgIpc) is 4.22. The number of pyridine rings is 1. The van der Waals surface area contributed by atoms with E-state index in [-0.39, 0.29) is 25.5 Å². The van der Waals surface area contributed by atoms with Crippen LogP contribution in [0.15, 0.2) is 97.6 Å². The zero-order chi connectivity index (χ0) is 47.5. The van der Waals surface area contributed by atoms with Crippen molar-refractivity contribution in [3.63, 3.8) is 0 Å². The van der Waals surface area contributed by atoms with E-state index in [0.29, 0.717) is 79.7 Å². The van der Waals surface area contributed by atoms with Crippen molar-refractivity contribution in [2.24, 2.45) is 22.7 Å². The van der Waals surface area contributed by atoms with Gasteiger partial charge in [0.2, 0.25) is 17.7 Å². The number of hydrogen-bond acceptors (Lipinski definition) is 11. The van der Waals surface area contributed by atoms with Crippen LogP contribution in [0.1, 0.15) is 64.9 Å². The molecule has 0 unspecified atom stereocenters. The van der Waals surface area contributed by atoms with Crippen LogP contribution in [0.2, 0.25) is 0 Å². The molecule has 4 aromatic rings. The van der Waals surface area contributed by atoms with Crippen molar-refractivity contribution in [1.29, 1.82) is 0 Å². The van der Waals surface area contributed by atoms with Crippen molar-refractivity contribution < 1.29 is 47.7 Å². The van der Waals surface area contributed by atoms with E-state index in [1.807, 2.05) is 72.8 Å². The lowest BCUT2D eigenvalue weighted by Gasteiger charge is -2.35. The summed E-state index contributed by atoms with van der Waals surface area (Å²) < 4.78 is 23.4. The van der Waals surface area contributed by atoms with Gasteiger partial charge in [0.25, 0.3) is 5.91 Å². The molecule has 2 saturated carbocycles. The van der Waals surface area contributed by atoms with Crippen LogP contribution in [-0.4, -0.2) is 103 Å². The lowest BCUT2D eigenvalue weighted by Crippen LogP contribution is -2.60. The van der Waals surface area contributed by atoms with E-state index in [1.165, 1.54) is 4.90 Å². The van der Waals surface area contributed by atoms with Gasteiger partial charge in [-0.05, 0) is 54.2 Å². The maximum atomic E-state index is 15.0. The highest BCUT2D eigenvalue weighted by Crippen LogP contribution is 2.54. The molecular formula is C52H59N5O10. The van der Waals surface area contributed by atoms with Crippen molar-refractivity contribution in [1.82, 2.24) is 25.8 Å². The second-order valence-corrected chi connectivity index (χ2v) is 19.4. The average molecular weight is 914 g/mol. The van der Waals surface area contributed by atoms with Crippen LogP contribution in [0.4, 0.5) is 4.79 Å². The summed E-state index contributed by atoms with van der Waals surface area (Å²) in [6.07, 6.45) is 3.23. The number of carbonyl (C=O) groups is 6. The van der Waals surface area contributed by atoms with Crippen molar-refractivity contribution in [3.8, 4) is 22.8 Å². The zero-order valence-electron chi connectivity index (χ0n) is 38.5. The monoisotopic (exact) mass is 913 g/mol. The van der Waals surface area contributed by atoms with Crippen LogP contribution in [0.25, 0.3) is 22.2 Å². The van der Waals surface area contributed by atoms with Gasteiger partial charge >= 0.3 is 6.09 Å². The zero-order valence-corrected chi connectivity index (χ0v) is 38.5. The molecule has 0 spiro atoms. The van der Waals surface area contributed by atoms with Gasteiger partial charge in [0.05, 0.1) is 44.0 Å². The summed E-state index contributed by atoms with van der Waals surface area (Å²) in [6.45, 7) is 10.1. The molecule has 0 bridgehead atoms. The molecule has 3 heterocycles. The third kappa shape index (κ3) is 10.2. The minimum absolute atomic E-state index is 0.00616. The number of alkyl carbamates (subject to hydrolysis) is 1. The Morgan fingerprint density at radius 1 is 0.955 bits per heavy atom. The van der Waals surface area contributed by atoms with Gasteiger partial charge in [0.1, 0.15) is 47.6 Å². The smallest absolute Gasteiger partial charge is 0.408 e. The number of rotatable bonds is 16. The maximum absolute atomic E-state index is 15.0. The molecule has 3 aromatic carbocycles. The Morgan fingerprint density at radius 3 is 2.28 bits per heavy atom. The quantitative estimate of drug-likeness (QED) is 0.0667. The normalized spacial score (nSPS) is 22.9. The number of likely N-dealkylation sites (tertiary alicyclic amines) is 1. The van der Waals surface area contributed by atoms with E-state index in [0.717, 1.165) is 11.1 Å². The molecule has 4 aliphatic rings. The molecule has 2 saturated heterocycles. The van der Waals surface area contributed by atoms with E-state index < -0.39 is 76.1 Å². The number of amides is 5. The molecule has 6 atom stereocenters. The number of fused-ring (bicyclic) bond motifs is 1. The third-order valence-corrected chi connectivity index (χ3v) is 13.7. The summed E-state index contributed by atoms with van der Waals surface area (Å²) >= 11 is 0. The van der Waals surface area contributed by atoms with Crippen LogP contribution < -0.4 is 25.4 Å². The Bertz CT molecular complexity index is 2520. The lowest BCUT2D eigenvalue weighted by molar-refractivity contribution is -0.143. The first-order valence-electron chi connectivity index (χ1n) is 23.0. The first kappa shape index (κ1) is 46.9. The summed E-state index contributed by atoms with van der Waals surface area (Å²) in [5.74, 6) is -3.28. The summed E-state index contributed by atoms with van der Waals surface area (Å²) in [7, 11) is 1.57. The van der Waals surface area contributed by atoms with E-state index in [2.05, 4.69) is 22.5 Å². The summed E-state index contributed by atoms with van der Waals surface area (Å²) in [5.41, 5.74) is 0.0165. The molecule has 2 aliphatic heterocycles. The fourth-order valence-electron chi connectivity index (χ4n) is 9.51. The number of hydrogen-bond donors (Lipinski definition) is 3. The fraction of sp³-hybridized carbons (Fsp3) is 0.442. The first-order chi connectivity index (χ1) is 32.2. The highest BCUT2D eigenvalue weighted by atomic mass is 16.6. The molecule has 8 rings (SSSR count). The highest BCUT2D eigenvalue weighted by molar-refractivity contribution is 6.08. The SMILES string of the molecule is C=C[C@@H]1C[C@]1(NC(=O)[C@@H]1C[C@@H](Oc2cc(-c3ccccc3)nc3cc(OC)ccc23)CN1C(=O)[C@@H](NC(=O)OC1CCOCC1)C(C)(C)C)C(=O)NC(=O)[C@@H](C=O)C1(Cc2ccccc2)CC1. The number of benzene rings is 3. The minimum Gasteiger partial charge on any atom is -0.497 e. The van der Waals surface area contributed by atoms with Crippen LogP contribution in [0.5, 0.6) is 11.5 Å². The number of aromatic nitrogens is 1. The van der Waals surface area contributed by atoms with E-state index >= 15 is 0 Å². The van der Waals surface area contributed by atoms with Crippen molar-refractivity contribution in [2.45, 2.75) is 95.5 Å². The molecule has 2 aliphatic carbocycles. The van der Waals surface area contributed by atoms with Gasteiger partial charge < -0.3 is 39.3 Å². The van der Waals surface area contributed by atoms with E-state index in [4.69, 9.17) is 23.9 Å². The molecule has 1 aromatic heterocycles. The Labute approximate surface area is 390 Å². The predicted molar refractivity (Wildman–Crippen MR) is 249 cm³/mol. The molecular weight excluding hydrogens is 855 g/mol. The van der Waals surface area contributed by atoms with E-state index in [9.17, 15) is 28.8 Å². The second-order valence-electron chi connectivity index (χ2n) is 19.4. The van der Waals surface area contributed by atoms with Crippen LogP contribution in [0.3, 0.4) is 0 Å². The molecule has 5 amide bonds. The van der Waals surface area contributed by atoms with E-state index in [1.54, 1.807) is 46.1 Å². The van der Waals surface area contributed by atoms with Crippen molar-refractivity contribution in [3.05, 3.63) is 103 Å². The molecule has 67 heavy (non-hydrogen) atoms.